The summed E-state index contributed by atoms with van der Waals surface area (Å²) >= 11 is 0. The Morgan fingerprint density at radius 3 is 2.79 bits per heavy atom. The normalized spacial score (nSPS) is 11.8. The first-order chi connectivity index (χ1) is 11.4. The number of nitro groups is 1. The van der Waals surface area contributed by atoms with Gasteiger partial charge in [-0.05, 0) is 44.0 Å². The van der Waals surface area contributed by atoms with Gasteiger partial charge in [-0.15, -0.1) is 0 Å². The van der Waals surface area contributed by atoms with E-state index in [0.29, 0.717) is 5.76 Å². The quantitative estimate of drug-likeness (QED) is 0.617. The lowest BCUT2D eigenvalue weighted by atomic mass is 10.2. The number of nitrogens with one attached hydrogen (secondary N) is 1. The SMILES string of the molecule is CCC(C)NC(=O)c1ccc(COc2ccc(C)cc2[N+](=O)[O-])o1. The van der Waals surface area contributed by atoms with Crippen LogP contribution in [0.1, 0.15) is 42.1 Å². The van der Waals surface area contributed by atoms with Crippen LogP contribution < -0.4 is 10.1 Å². The van der Waals surface area contributed by atoms with E-state index in [4.69, 9.17) is 9.15 Å². The lowest BCUT2D eigenvalue weighted by molar-refractivity contribution is -0.386. The van der Waals surface area contributed by atoms with Gasteiger partial charge in [-0.1, -0.05) is 13.0 Å². The zero-order chi connectivity index (χ0) is 17.7. The summed E-state index contributed by atoms with van der Waals surface area (Å²) in [6.45, 7) is 5.65. The zero-order valence-electron chi connectivity index (χ0n) is 13.9. The number of aryl methyl sites for hydroxylation is 1. The van der Waals surface area contributed by atoms with Crippen LogP contribution in [0, 0.1) is 17.0 Å². The summed E-state index contributed by atoms with van der Waals surface area (Å²) < 4.78 is 10.9. The van der Waals surface area contributed by atoms with Gasteiger partial charge in [-0.25, -0.2) is 0 Å². The predicted molar refractivity (Wildman–Crippen MR) is 88.1 cm³/mol. The average molecular weight is 332 g/mol. The summed E-state index contributed by atoms with van der Waals surface area (Å²) in [7, 11) is 0. The third-order valence-corrected chi connectivity index (χ3v) is 3.56. The van der Waals surface area contributed by atoms with Crippen molar-refractivity contribution in [2.45, 2.75) is 39.8 Å². The minimum absolute atomic E-state index is 0.000508. The molecule has 1 aromatic carbocycles. The molecule has 0 saturated heterocycles. The Labute approximate surface area is 139 Å². The van der Waals surface area contributed by atoms with Gasteiger partial charge in [0, 0.05) is 12.1 Å². The Balaban J connectivity index is 2.04. The lowest BCUT2D eigenvalue weighted by Gasteiger charge is -2.09. The molecule has 0 aliphatic heterocycles. The Hall–Kier alpha value is -2.83. The van der Waals surface area contributed by atoms with Crippen molar-refractivity contribution >= 4 is 11.6 Å². The molecule has 0 aliphatic rings. The molecule has 0 radical (unpaired) electrons. The molecule has 0 aliphatic carbocycles. The molecule has 1 amide bonds. The molecular weight excluding hydrogens is 312 g/mol. The van der Waals surface area contributed by atoms with Crippen LogP contribution in [0.3, 0.4) is 0 Å². The largest absolute Gasteiger partial charge is 0.479 e. The number of amides is 1. The first-order valence-corrected chi connectivity index (χ1v) is 7.68. The van der Waals surface area contributed by atoms with Gasteiger partial charge in [0.15, 0.2) is 11.5 Å². The molecule has 2 rings (SSSR count). The topological polar surface area (TPSA) is 94.6 Å². The van der Waals surface area contributed by atoms with Crippen LogP contribution in [-0.2, 0) is 6.61 Å². The molecule has 2 aromatic rings. The maximum absolute atomic E-state index is 11.9. The van der Waals surface area contributed by atoms with E-state index in [9.17, 15) is 14.9 Å². The lowest BCUT2D eigenvalue weighted by Crippen LogP contribution is -2.31. The highest BCUT2D eigenvalue weighted by atomic mass is 16.6. The second-order valence-electron chi connectivity index (χ2n) is 5.57. The molecule has 128 valence electrons. The number of nitrogens with zero attached hydrogens (tertiary/aromatic N) is 1. The molecule has 7 heteroatoms. The number of benzene rings is 1. The summed E-state index contributed by atoms with van der Waals surface area (Å²) in [6, 6.07) is 7.95. The second-order valence-corrected chi connectivity index (χ2v) is 5.57. The second kappa shape index (κ2) is 7.63. The van der Waals surface area contributed by atoms with Crippen LogP contribution in [0.5, 0.6) is 5.75 Å². The Morgan fingerprint density at radius 1 is 1.38 bits per heavy atom. The molecule has 0 spiro atoms. The van der Waals surface area contributed by atoms with E-state index >= 15 is 0 Å². The fourth-order valence-electron chi connectivity index (χ4n) is 2.02. The van der Waals surface area contributed by atoms with Gasteiger partial charge in [0.2, 0.25) is 0 Å². The molecule has 0 bridgehead atoms. The maximum Gasteiger partial charge on any atom is 0.311 e. The van der Waals surface area contributed by atoms with Crippen molar-refractivity contribution in [1.29, 1.82) is 0 Å². The summed E-state index contributed by atoms with van der Waals surface area (Å²) in [4.78, 5) is 22.5. The van der Waals surface area contributed by atoms with Crippen molar-refractivity contribution in [1.82, 2.24) is 5.32 Å². The van der Waals surface area contributed by atoms with Gasteiger partial charge < -0.3 is 14.5 Å². The number of hydrogen-bond acceptors (Lipinski definition) is 5. The molecule has 0 saturated carbocycles. The minimum atomic E-state index is -0.491. The van der Waals surface area contributed by atoms with E-state index in [0.717, 1.165) is 12.0 Å². The summed E-state index contributed by atoms with van der Waals surface area (Å²) in [5.41, 5.74) is 0.673. The fourth-order valence-corrected chi connectivity index (χ4v) is 2.02. The molecule has 0 fully saturated rings. The molecule has 1 atom stereocenters. The van der Waals surface area contributed by atoms with Crippen LogP contribution in [0.2, 0.25) is 0 Å². The van der Waals surface area contributed by atoms with Crippen LogP contribution in [0.4, 0.5) is 5.69 Å². The van der Waals surface area contributed by atoms with Crippen molar-refractivity contribution in [2.75, 3.05) is 0 Å². The highest BCUT2D eigenvalue weighted by molar-refractivity contribution is 5.91. The number of rotatable bonds is 7. The van der Waals surface area contributed by atoms with E-state index in [-0.39, 0.29) is 35.8 Å². The van der Waals surface area contributed by atoms with Crippen molar-refractivity contribution in [3.63, 3.8) is 0 Å². The number of furan rings is 1. The van der Waals surface area contributed by atoms with Gasteiger partial charge in [0.25, 0.3) is 5.91 Å². The van der Waals surface area contributed by atoms with E-state index in [2.05, 4.69) is 5.32 Å². The first kappa shape index (κ1) is 17.5. The number of carbonyl (C=O) groups excluding carboxylic acids is 1. The highest BCUT2D eigenvalue weighted by Crippen LogP contribution is 2.28. The van der Waals surface area contributed by atoms with Crippen molar-refractivity contribution in [3.8, 4) is 5.75 Å². The van der Waals surface area contributed by atoms with Gasteiger partial charge in [0.1, 0.15) is 12.4 Å². The Morgan fingerprint density at radius 2 is 2.12 bits per heavy atom. The Kier molecular flexibility index (Phi) is 5.57. The summed E-state index contributed by atoms with van der Waals surface area (Å²) in [6.07, 6.45) is 0.819. The smallest absolute Gasteiger partial charge is 0.311 e. The molecule has 24 heavy (non-hydrogen) atoms. The van der Waals surface area contributed by atoms with Crippen LogP contribution in [0.25, 0.3) is 0 Å². The molecule has 1 heterocycles. The number of ether oxygens (including phenoxy) is 1. The van der Waals surface area contributed by atoms with E-state index in [1.165, 1.54) is 6.07 Å². The van der Waals surface area contributed by atoms with E-state index in [1.807, 2.05) is 13.8 Å². The van der Waals surface area contributed by atoms with Gasteiger partial charge in [0.05, 0.1) is 4.92 Å². The van der Waals surface area contributed by atoms with E-state index in [1.54, 1.807) is 31.2 Å². The fraction of sp³-hybridized carbons (Fsp3) is 0.353. The molecular formula is C17H20N2O5. The Bertz CT molecular complexity index is 738. The monoisotopic (exact) mass is 332 g/mol. The minimum Gasteiger partial charge on any atom is -0.479 e. The molecule has 1 unspecified atom stereocenters. The van der Waals surface area contributed by atoms with E-state index < -0.39 is 4.92 Å². The summed E-state index contributed by atoms with van der Waals surface area (Å²) in [5.74, 6) is 0.469. The average Bonchev–Trinajstić information content (AvgIpc) is 3.02. The number of hydrogen-bond donors (Lipinski definition) is 1. The standard InChI is InChI=1S/C17H20N2O5/c1-4-12(3)18-17(20)16-8-6-13(24-16)10-23-15-7-5-11(2)9-14(15)19(21)22/h5-9,12H,4,10H2,1-3H3,(H,18,20). The van der Waals surface area contributed by atoms with Gasteiger partial charge in [-0.2, -0.15) is 0 Å². The van der Waals surface area contributed by atoms with Crippen LogP contribution in [-0.4, -0.2) is 16.9 Å². The summed E-state index contributed by atoms with van der Waals surface area (Å²) in [5, 5.41) is 13.9. The first-order valence-electron chi connectivity index (χ1n) is 7.68. The molecule has 1 N–H and O–H groups in total. The number of carbonyl (C=O) groups is 1. The predicted octanol–water partition coefficient (Wildman–Crippen LogP) is 3.60. The van der Waals surface area contributed by atoms with Gasteiger partial charge in [-0.3, -0.25) is 14.9 Å². The molecule has 1 aromatic heterocycles. The highest BCUT2D eigenvalue weighted by Gasteiger charge is 2.17. The van der Waals surface area contributed by atoms with Crippen molar-refractivity contribution in [2.24, 2.45) is 0 Å². The third kappa shape index (κ3) is 4.34. The van der Waals surface area contributed by atoms with Crippen LogP contribution >= 0.6 is 0 Å². The maximum atomic E-state index is 11.9. The van der Waals surface area contributed by atoms with Crippen molar-refractivity contribution in [3.05, 3.63) is 57.5 Å². The molecule has 7 nitrogen and oxygen atoms in total. The zero-order valence-corrected chi connectivity index (χ0v) is 13.9. The number of nitro benzene ring substituents is 1. The van der Waals surface area contributed by atoms with Gasteiger partial charge >= 0.3 is 5.69 Å². The third-order valence-electron chi connectivity index (χ3n) is 3.56. The van der Waals surface area contributed by atoms with Crippen molar-refractivity contribution < 1.29 is 18.9 Å². The van der Waals surface area contributed by atoms with Crippen LogP contribution in [0.15, 0.2) is 34.7 Å².